The Morgan fingerprint density at radius 3 is 2.25 bits per heavy atom. The van der Waals surface area contributed by atoms with E-state index in [4.69, 9.17) is 16.9 Å². The zero-order valence-corrected chi connectivity index (χ0v) is 9.51. The van der Waals surface area contributed by atoms with E-state index in [9.17, 15) is 0 Å². The van der Waals surface area contributed by atoms with Crippen molar-refractivity contribution in [3.63, 3.8) is 0 Å². The fourth-order valence-corrected chi connectivity index (χ4v) is 1.43. The molecule has 5 N–H and O–H groups in total. The van der Waals surface area contributed by atoms with Crippen molar-refractivity contribution >= 4 is 17.6 Å². The average molecular weight is 219 g/mol. The first kappa shape index (κ1) is 12.0. The van der Waals surface area contributed by atoms with Crippen molar-refractivity contribution in [1.29, 1.82) is 5.41 Å². The maximum Gasteiger partial charge on any atom is 0.225 e. The zero-order chi connectivity index (χ0) is 12.1. The maximum absolute atomic E-state index is 7.82. The number of aliphatic imine (C=N–C) groups is 1. The van der Waals surface area contributed by atoms with Gasteiger partial charge in [0.1, 0.15) is 0 Å². The van der Waals surface area contributed by atoms with Gasteiger partial charge in [0.15, 0.2) is 5.96 Å². The average Bonchev–Trinajstić information content (AvgIpc) is 2.17. The molecule has 0 aliphatic heterocycles. The van der Waals surface area contributed by atoms with E-state index in [1.54, 1.807) is 4.90 Å². The highest BCUT2D eigenvalue weighted by Crippen LogP contribution is 2.16. The molecule has 0 radical (unpaired) electrons. The van der Waals surface area contributed by atoms with Crippen molar-refractivity contribution < 1.29 is 0 Å². The van der Waals surface area contributed by atoms with Gasteiger partial charge in [0, 0.05) is 11.7 Å². The Bertz CT molecular complexity index is 379. The Morgan fingerprint density at radius 2 is 1.81 bits per heavy atom. The molecule has 5 heteroatoms. The van der Waals surface area contributed by atoms with Gasteiger partial charge in [0.25, 0.3) is 0 Å². The first-order valence-corrected chi connectivity index (χ1v) is 5.05. The molecule has 1 aromatic rings. The molecular weight excluding hydrogens is 202 g/mol. The van der Waals surface area contributed by atoms with Gasteiger partial charge in [-0.3, -0.25) is 5.41 Å². The summed E-state index contributed by atoms with van der Waals surface area (Å²) in [7, 11) is 0. The minimum absolute atomic E-state index is 0.0428. The quantitative estimate of drug-likeness (QED) is 0.514. The van der Waals surface area contributed by atoms with Crippen LogP contribution in [0.15, 0.2) is 35.3 Å². The van der Waals surface area contributed by atoms with Crippen molar-refractivity contribution in [2.75, 3.05) is 4.90 Å². The highest BCUT2D eigenvalue weighted by atomic mass is 15.3. The predicted molar refractivity (Wildman–Crippen MR) is 67.6 cm³/mol. The van der Waals surface area contributed by atoms with Gasteiger partial charge < -0.3 is 16.4 Å². The maximum atomic E-state index is 7.82. The second kappa shape index (κ2) is 5.16. The van der Waals surface area contributed by atoms with E-state index in [1.807, 2.05) is 44.2 Å². The van der Waals surface area contributed by atoms with Crippen LogP contribution in [0.1, 0.15) is 13.8 Å². The second-order valence-electron chi connectivity index (χ2n) is 3.66. The van der Waals surface area contributed by atoms with Crippen LogP contribution in [0.25, 0.3) is 0 Å². The molecule has 0 aromatic heterocycles. The number of para-hydroxylation sites is 1. The standard InChI is InChI=1S/C11H17N5/c1-8(2)16(11(14)15-10(12)13)9-6-4-3-5-7-9/h3-8H,1-2H3,(H5,12,13,14,15). The summed E-state index contributed by atoms with van der Waals surface area (Å²) in [4.78, 5) is 5.51. The van der Waals surface area contributed by atoms with Crippen LogP contribution in [0.2, 0.25) is 0 Å². The summed E-state index contributed by atoms with van der Waals surface area (Å²) >= 11 is 0. The van der Waals surface area contributed by atoms with E-state index in [-0.39, 0.29) is 18.0 Å². The molecule has 0 aliphatic rings. The van der Waals surface area contributed by atoms with E-state index in [2.05, 4.69) is 4.99 Å². The molecule has 0 bridgehead atoms. The van der Waals surface area contributed by atoms with Crippen molar-refractivity contribution in [3.8, 4) is 0 Å². The van der Waals surface area contributed by atoms with Crippen molar-refractivity contribution in [2.24, 2.45) is 16.5 Å². The fraction of sp³-hybridized carbons (Fsp3) is 0.273. The smallest absolute Gasteiger partial charge is 0.225 e. The Hall–Kier alpha value is -2.04. The molecular formula is C11H17N5. The summed E-state index contributed by atoms with van der Waals surface area (Å²) in [5, 5.41) is 7.82. The van der Waals surface area contributed by atoms with Gasteiger partial charge in [0.05, 0.1) is 0 Å². The van der Waals surface area contributed by atoms with Crippen LogP contribution in [-0.2, 0) is 0 Å². The van der Waals surface area contributed by atoms with Gasteiger partial charge in [-0.05, 0) is 26.0 Å². The lowest BCUT2D eigenvalue weighted by atomic mass is 10.2. The third-order valence-electron chi connectivity index (χ3n) is 2.01. The first-order chi connectivity index (χ1) is 7.52. The highest BCUT2D eigenvalue weighted by molar-refractivity contribution is 6.01. The van der Waals surface area contributed by atoms with E-state index in [0.29, 0.717) is 0 Å². The summed E-state index contributed by atoms with van der Waals surface area (Å²) < 4.78 is 0. The van der Waals surface area contributed by atoms with Crippen LogP contribution in [0.3, 0.4) is 0 Å². The Balaban J connectivity index is 3.02. The van der Waals surface area contributed by atoms with Gasteiger partial charge in [-0.2, -0.15) is 4.99 Å². The first-order valence-electron chi connectivity index (χ1n) is 5.05. The van der Waals surface area contributed by atoms with Gasteiger partial charge in [0.2, 0.25) is 5.96 Å². The number of nitrogens with zero attached hydrogens (tertiary/aromatic N) is 2. The van der Waals surface area contributed by atoms with Crippen LogP contribution in [0.5, 0.6) is 0 Å². The van der Waals surface area contributed by atoms with Gasteiger partial charge >= 0.3 is 0 Å². The molecule has 0 saturated carbocycles. The van der Waals surface area contributed by atoms with Crippen LogP contribution in [0.4, 0.5) is 5.69 Å². The molecule has 0 fully saturated rings. The Kier molecular flexibility index (Phi) is 3.88. The minimum Gasteiger partial charge on any atom is -0.370 e. The summed E-state index contributed by atoms with van der Waals surface area (Å²) in [6.07, 6.45) is 0. The summed E-state index contributed by atoms with van der Waals surface area (Å²) in [5.41, 5.74) is 11.4. The lowest BCUT2D eigenvalue weighted by Crippen LogP contribution is -2.37. The molecule has 0 amide bonds. The third kappa shape index (κ3) is 2.98. The molecule has 0 heterocycles. The molecule has 16 heavy (non-hydrogen) atoms. The number of nitrogens with one attached hydrogen (secondary N) is 1. The fourth-order valence-electron chi connectivity index (χ4n) is 1.43. The molecule has 0 atom stereocenters. The zero-order valence-electron chi connectivity index (χ0n) is 9.51. The molecule has 1 aromatic carbocycles. The van der Waals surface area contributed by atoms with Crippen LogP contribution >= 0.6 is 0 Å². The number of hydrogen-bond acceptors (Lipinski definition) is 1. The molecule has 0 unspecified atom stereocenters. The molecule has 0 aliphatic carbocycles. The largest absolute Gasteiger partial charge is 0.370 e. The van der Waals surface area contributed by atoms with Crippen LogP contribution in [0, 0.1) is 5.41 Å². The number of benzene rings is 1. The predicted octanol–water partition coefficient (Wildman–Crippen LogP) is 1.11. The van der Waals surface area contributed by atoms with Crippen molar-refractivity contribution in [3.05, 3.63) is 30.3 Å². The van der Waals surface area contributed by atoms with Gasteiger partial charge in [-0.15, -0.1) is 0 Å². The lowest BCUT2D eigenvalue weighted by molar-refractivity contribution is 0.799. The van der Waals surface area contributed by atoms with E-state index >= 15 is 0 Å². The van der Waals surface area contributed by atoms with Gasteiger partial charge in [-0.25, -0.2) is 0 Å². The van der Waals surface area contributed by atoms with Crippen LogP contribution < -0.4 is 16.4 Å². The van der Waals surface area contributed by atoms with Crippen molar-refractivity contribution in [2.45, 2.75) is 19.9 Å². The SMILES string of the molecule is CC(C)N(C(=N)N=C(N)N)c1ccccc1. The van der Waals surface area contributed by atoms with E-state index in [0.717, 1.165) is 5.69 Å². The summed E-state index contributed by atoms with van der Waals surface area (Å²) in [6, 6.07) is 9.68. The molecule has 1 rings (SSSR count). The second-order valence-corrected chi connectivity index (χ2v) is 3.66. The molecule has 5 nitrogen and oxygen atoms in total. The third-order valence-corrected chi connectivity index (χ3v) is 2.01. The Labute approximate surface area is 95.3 Å². The Morgan fingerprint density at radius 1 is 1.25 bits per heavy atom. The molecule has 86 valence electrons. The van der Waals surface area contributed by atoms with E-state index < -0.39 is 0 Å². The summed E-state index contributed by atoms with van der Waals surface area (Å²) in [5.74, 6) is -0.0622. The van der Waals surface area contributed by atoms with Crippen LogP contribution in [-0.4, -0.2) is 18.0 Å². The number of anilines is 1. The van der Waals surface area contributed by atoms with Gasteiger partial charge in [-0.1, -0.05) is 18.2 Å². The topological polar surface area (TPSA) is 91.5 Å². The molecule has 0 spiro atoms. The number of guanidine groups is 2. The summed E-state index contributed by atoms with van der Waals surface area (Å²) in [6.45, 7) is 3.95. The number of rotatable bonds is 2. The lowest BCUT2D eigenvalue weighted by Gasteiger charge is -2.26. The molecule has 0 saturated heterocycles. The normalized spacial score (nSPS) is 9.94. The monoisotopic (exact) mass is 219 g/mol. The van der Waals surface area contributed by atoms with Crippen molar-refractivity contribution in [1.82, 2.24) is 0 Å². The highest BCUT2D eigenvalue weighted by Gasteiger charge is 2.14. The number of hydrogen-bond donors (Lipinski definition) is 3. The van der Waals surface area contributed by atoms with E-state index in [1.165, 1.54) is 0 Å². The number of nitrogens with two attached hydrogens (primary N) is 2. The minimum atomic E-state index is -0.105.